The number of carbonyl (C=O) groups excluding carboxylic acids is 1. The predicted octanol–water partition coefficient (Wildman–Crippen LogP) is 5.09. The molecule has 1 amide bonds. The third-order valence-electron chi connectivity index (χ3n) is 4.53. The zero-order valence-corrected chi connectivity index (χ0v) is 18.5. The van der Waals surface area contributed by atoms with Crippen molar-refractivity contribution >= 4 is 39.1 Å². The van der Waals surface area contributed by atoms with Crippen LogP contribution in [0.5, 0.6) is 0 Å². The second kappa shape index (κ2) is 9.82. The number of nitrogens with one attached hydrogen (secondary N) is 2. The van der Waals surface area contributed by atoms with Crippen LogP contribution in [0.25, 0.3) is 0 Å². The molecule has 0 aliphatic rings. The summed E-state index contributed by atoms with van der Waals surface area (Å²) in [7, 11) is -3.65. The van der Waals surface area contributed by atoms with Gasteiger partial charge in [-0.15, -0.1) is 11.8 Å². The fourth-order valence-corrected chi connectivity index (χ4v) is 4.37. The molecule has 2 N–H and O–H groups in total. The molecule has 0 spiro atoms. The number of hydrogen-bond acceptors (Lipinski definition) is 4. The Labute approximate surface area is 182 Å². The lowest BCUT2D eigenvalue weighted by Gasteiger charge is -2.09. The van der Waals surface area contributed by atoms with E-state index in [1.807, 2.05) is 49.6 Å². The maximum Gasteiger partial charge on any atom is 0.261 e. The molecule has 3 rings (SSSR count). The molecule has 0 atom stereocenters. The summed E-state index contributed by atoms with van der Waals surface area (Å²) in [5.74, 6) is -0.0778. The van der Waals surface area contributed by atoms with Gasteiger partial charge in [-0.1, -0.05) is 35.9 Å². The Balaban J connectivity index is 1.57. The Morgan fingerprint density at radius 3 is 2.30 bits per heavy atom. The summed E-state index contributed by atoms with van der Waals surface area (Å²) in [6.07, 6.45) is 2.83. The number of carbonyl (C=O) groups is 1. The average molecular weight is 441 g/mol. The molecule has 0 fully saturated rings. The number of sulfonamides is 1. The maximum atomic E-state index is 12.5. The van der Waals surface area contributed by atoms with Gasteiger partial charge in [0.15, 0.2) is 0 Å². The zero-order valence-electron chi connectivity index (χ0n) is 16.9. The van der Waals surface area contributed by atoms with E-state index in [9.17, 15) is 13.2 Å². The van der Waals surface area contributed by atoms with Crippen molar-refractivity contribution in [3.05, 3.63) is 83.9 Å². The second-order valence-electron chi connectivity index (χ2n) is 6.90. The Hall–Kier alpha value is -2.77. The molecule has 156 valence electrons. The number of hydrogen-bond donors (Lipinski definition) is 2. The topological polar surface area (TPSA) is 75.3 Å². The van der Waals surface area contributed by atoms with E-state index in [2.05, 4.69) is 10.0 Å². The summed E-state index contributed by atoms with van der Waals surface area (Å²) < 4.78 is 27.7. The molecule has 7 heteroatoms. The van der Waals surface area contributed by atoms with Crippen molar-refractivity contribution in [1.82, 2.24) is 0 Å². The molecule has 0 saturated carbocycles. The standard InChI is InChI=1S/C23H24N2O3S2/c1-17-6-11-19(12-7-17)25-30(27,28)22-13-8-18(9-14-22)10-15-23(26)24-20-4-3-5-21(16-20)29-2/h3-9,11-14,16,25H,10,15H2,1-2H3,(H,24,26). The van der Waals surface area contributed by atoms with Gasteiger partial charge in [-0.3, -0.25) is 9.52 Å². The average Bonchev–Trinajstić information content (AvgIpc) is 2.74. The van der Waals surface area contributed by atoms with E-state index in [4.69, 9.17) is 0 Å². The smallest absolute Gasteiger partial charge is 0.261 e. The van der Waals surface area contributed by atoms with Crippen LogP contribution in [0.15, 0.2) is 82.6 Å². The molecule has 0 aromatic heterocycles. The first-order valence-corrected chi connectivity index (χ1v) is 12.2. The first-order valence-electron chi connectivity index (χ1n) is 9.48. The molecule has 0 unspecified atom stereocenters. The highest BCUT2D eigenvalue weighted by Crippen LogP contribution is 2.20. The molecule has 30 heavy (non-hydrogen) atoms. The first-order chi connectivity index (χ1) is 14.4. The first kappa shape index (κ1) is 21.9. The third kappa shape index (κ3) is 6.11. The monoisotopic (exact) mass is 440 g/mol. The normalized spacial score (nSPS) is 11.1. The van der Waals surface area contributed by atoms with Gasteiger partial charge in [0.2, 0.25) is 5.91 Å². The molecule has 5 nitrogen and oxygen atoms in total. The third-order valence-corrected chi connectivity index (χ3v) is 6.65. The van der Waals surface area contributed by atoms with E-state index in [0.29, 0.717) is 18.5 Å². The predicted molar refractivity (Wildman–Crippen MR) is 124 cm³/mol. The van der Waals surface area contributed by atoms with Crippen molar-refractivity contribution in [3.63, 3.8) is 0 Å². The minimum Gasteiger partial charge on any atom is -0.326 e. The van der Waals surface area contributed by atoms with Gasteiger partial charge in [0.05, 0.1) is 4.90 Å². The van der Waals surface area contributed by atoms with Gasteiger partial charge >= 0.3 is 0 Å². The largest absolute Gasteiger partial charge is 0.326 e. The Morgan fingerprint density at radius 2 is 1.63 bits per heavy atom. The van der Waals surface area contributed by atoms with Crippen molar-refractivity contribution in [2.24, 2.45) is 0 Å². The van der Waals surface area contributed by atoms with Gasteiger partial charge in [0, 0.05) is 22.7 Å². The van der Waals surface area contributed by atoms with Crippen LogP contribution in [0.4, 0.5) is 11.4 Å². The molecule has 0 saturated heterocycles. The highest BCUT2D eigenvalue weighted by atomic mass is 32.2. The Kier molecular flexibility index (Phi) is 7.18. The summed E-state index contributed by atoms with van der Waals surface area (Å²) in [6.45, 7) is 1.94. The van der Waals surface area contributed by atoms with Crippen LogP contribution in [-0.4, -0.2) is 20.6 Å². The quantitative estimate of drug-likeness (QED) is 0.479. The van der Waals surface area contributed by atoms with Crippen LogP contribution in [0.1, 0.15) is 17.5 Å². The molecule has 0 bridgehead atoms. The van der Waals surface area contributed by atoms with Gasteiger partial charge in [-0.2, -0.15) is 0 Å². The fraction of sp³-hybridized carbons (Fsp3) is 0.174. The van der Waals surface area contributed by atoms with E-state index >= 15 is 0 Å². The Morgan fingerprint density at radius 1 is 0.933 bits per heavy atom. The molecule has 0 aliphatic carbocycles. The molecular formula is C23H24N2O3S2. The van der Waals surface area contributed by atoms with Crippen molar-refractivity contribution in [2.75, 3.05) is 16.3 Å². The van der Waals surface area contributed by atoms with Crippen LogP contribution in [0, 0.1) is 6.92 Å². The number of anilines is 2. The number of benzene rings is 3. The molecule has 3 aromatic rings. The van der Waals surface area contributed by atoms with Crippen LogP contribution in [0.2, 0.25) is 0 Å². The minimum absolute atomic E-state index is 0.0778. The van der Waals surface area contributed by atoms with E-state index < -0.39 is 10.0 Å². The van der Waals surface area contributed by atoms with Crippen LogP contribution in [0.3, 0.4) is 0 Å². The maximum absolute atomic E-state index is 12.5. The van der Waals surface area contributed by atoms with Crippen molar-refractivity contribution in [1.29, 1.82) is 0 Å². The van der Waals surface area contributed by atoms with E-state index in [1.165, 1.54) is 0 Å². The summed E-state index contributed by atoms with van der Waals surface area (Å²) >= 11 is 1.62. The molecule has 0 radical (unpaired) electrons. The van der Waals surface area contributed by atoms with Crippen molar-refractivity contribution in [2.45, 2.75) is 29.6 Å². The highest BCUT2D eigenvalue weighted by molar-refractivity contribution is 7.98. The second-order valence-corrected chi connectivity index (χ2v) is 9.46. The van der Waals surface area contributed by atoms with Crippen LogP contribution >= 0.6 is 11.8 Å². The van der Waals surface area contributed by atoms with Gasteiger partial charge in [0.25, 0.3) is 10.0 Å². The van der Waals surface area contributed by atoms with Crippen molar-refractivity contribution in [3.8, 4) is 0 Å². The summed E-state index contributed by atoms with van der Waals surface area (Å²) in [6, 6.07) is 21.5. The van der Waals surface area contributed by atoms with Crippen LogP contribution in [-0.2, 0) is 21.2 Å². The molecule has 0 aliphatic heterocycles. The molecule has 0 heterocycles. The lowest BCUT2D eigenvalue weighted by molar-refractivity contribution is -0.116. The van der Waals surface area contributed by atoms with Gasteiger partial charge in [0.1, 0.15) is 0 Å². The summed E-state index contributed by atoms with van der Waals surface area (Å²) in [5.41, 5.74) is 3.25. The SMILES string of the molecule is CSc1cccc(NC(=O)CCc2ccc(S(=O)(=O)Nc3ccc(C)cc3)cc2)c1. The highest BCUT2D eigenvalue weighted by Gasteiger charge is 2.14. The number of amides is 1. The lowest BCUT2D eigenvalue weighted by atomic mass is 10.1. The number of aryl methyl sites for hydroxylation is 2. The molecular weight excluding hydrogens is 416 g/mol. The van der Waals surface area contributed by atoms with E-state index in [1.54, 1.807) is 48.2 Å². The minimum atomic E-state index is -3.65. The number of rotatable bonds is 8. The number of thioether (sulfide) groups is 1. The van der Waals surface area contributed by atoms with Crippen molar-refractivity contribution < 1.29 is 13.2 Å². The summed E-state index contributed by atoms with van der Waals surface area (Å²) in [5, 5.41) is 2.90. The summed E-state index contributed by atoms with van der Waals surface area (Å²) in [4.78, 5) is 13.5. The van der Waals surface area contributed by atoms with Gasteiger partial charge in [-0.25, -0.2) is 8.42 Å². The van der Waals surface area contributed by atoms with Crippen LogP contribution < -0.4 is 10.0 Å². The van der Waals surface area contributed by atoms with Gasteiger partial charge in [-0.05, 0) is 67.6 Å². The lowest BCUT2D eigenvalue weighted by Crippen LogP contribution is -2.13. The van der Waals surface area contributed by atoms with E-state index in [0.717, 1.165) is 21.7 Å². The van der Waals surface area contributed by atoms with Gasteiger partial charge < -0.3 is 5.32 Å². The Bertz CT molecular complexity index is 1110. The van der Waals surface area contributed by atoms with E-state index in [-0.39, 0.29) is 10.8 Å². The zero-order chi connectivity index (χ0) is 21.6. The molecule has 3 aromatic carbocycles. The fourth-order valence-electron chi connectivity index (χ4n) is 2.85.